The van der Waals surface area contributed by atoms with Gasteiger partial charge in [-0.05, 0) is 36.4 Å². The van der Waals surface area contributed by atoms with Crippen LogP contribution in [0.15, 0.2) is 41.3 Å². The van der Waals surface area contributed by atoms with E-state index in [1.165, 1.54) is 11.8 Å². The van der Waals surface area contributed by atoms with E-state index in [4.69, 9.17) is 17.3 Å². The predicted molar refractivity (Wildman–Crippen MR) is 83.0 cm³/mol. The van der Waals surface area contributed by atoms with Gasteiger partial charge in [0.1, 0.15) is 17.7 Å². The Bertz CT molecular complexity index is 756. The van der Waals surface area contributed by atoms with Crippen LogP contribution in [0.4, 0.5) is 14.5 Å². The number of fused-ring (bicyclic) bond motifs is 1. The second-order valence-electron chi connectivity index (χ2n) is 4.86. The number of amides is 1. The zero-order valence-corrected chi connectivity index (χ0v) is 12.7. The molecule has 0 fully saturated rings. The summed E-state index contributed by atoms with van der Waals surface area (Å²) in [6.45, 7) is 0. The molecule has 2 atom stereocenters. The van der Waals surface area contributed by atoms with Crippen LogP contribution in [0.5, 0.6) is 0 Å². The maximum absolute atomic E-state index is 14.0. The number of carbonyl (C=O) groups is 1. The molecule has 0 radical (unpaired) electrons. The van der Waals surface area contributed by atoms with Gasteiger partial charge in [0.05, 0.1) is 10.9 Å². The highest BCUT2D eigenvalue weighted by atomic mass is 35.5. The third-order valence-corrected chi connectivity index (χ3v) is 4.99. The maximum Gasteiger partial charge on any atom is 0.242 e. The van der Waals surface area contributed by atoms with Crippen molar-refractivity contribution in [3.63, 3.8) is 0 Å². The van der Waals surface area contributed by atoms with Crippen molar-refractivity contribution in [1.82, 2.24) is 0 Å². The molecule has 1 amide bonds. The lowest BCUT2D eigenvalue weighted by atomic mass is 10.0. The van der Waals surface area contributed by atoms with Gasteiger partial charge < -0.3 is 11.1 Å². The Balaban J connectivity index is 2.09. The van der Waals surface area contributed by atoms with Crippen molar-refractivity contribution in [2.24, 2.45) is 5.73 Å². The van der Waals surface area contributed by atoms with E-state index in [9.17, 15) is 13.6 Å². The third kappa shape index (κ3) is 2.82. The Kier molecular flexibility index (Phi) is 4.08. The first kappa shape index (κ1) is 15.3. The van der Waals surface area contributed by atoms with E-state index >= 15 is 0 Å². The summed E-state index contributed by atoms with van der Waals surface area (Å²) in [5.41, 5.74) is 6.51. The molecule has 0 aromatic heterocycles. The molecule has 22 heavy (non-hydrogen) atoms. The summed E-state index contributed by atoms with van der Waals surface area (Å²) in [6.07, 6.45) is 0. The predicted octanol–water partition coefficient (Wildman–Crippen LogP) is 3.73. The summed E-state index contributed by atoms with van der Waals surface area (Å²) < 4.78 is 27.5. The number of rotatable bonds is 1. The molecular formula is C15H11ClF2N2OS. The summed E-state index contributed by atoms with van der Waals surface area (Å²) in [7, 11) is 0. The average molecular weight is 341 g/mol. The van der Waals surface area contributed by atoms with Crippen LogP contribution in [0.1, 0.15) is 10.8 Å². The minimum absolute atomic E-state index is 0.0652. The fourth-order valence-electron chi connectivity index (χ4n) is 2.26. The van der Waals surface area contributed by atoms with Crippen molar-refractivity contribution in [1.29, 1.82) is 0 Å². The van der Waals surface area contributed by atoms with E-state index in [1.807, 2.05) is 0 Å². The van der Waals surface area contributed by atoms with Crippen molar-refractivity contribution in [3.05, 3.63) is 58.6 Å². The minimum Gasteiger partial charge on any atom is -0.324 e. The molecule has 0 bridgehead atoms. The lowest BCUT2D eigenvalue weighted by Gasteiger charge is -2.20. The molecule has 0 saturated heterocycles. The van der Waals surface area contributed by atoms with Crippen molar-refractivity contribution in [2.75, 3.05) is 5.32 Å². The SMILES string of the molecule is NC1C(=O)Nc2cc(Cl)ccc2SC1c1cc(F)ccc1F. The highest BCUT2D eigenvalue weighted by Crippen LogP contribution is 2.44. The largest absolute Gasteiger partial charge is 0.324 e. The Morgan fingerprint density at radius 3 is 2.73 bits per heavy atom. The monoisotopic (exact) mass is 340 g/mol. The maximum atomic E-state index is 14.0. The quantitative estimate of drug-likeness (QED) is 0.831. The molecule has 7 heteroatoms. The summed E-state index contributed by atoms with van der Waals surface area (Å²) >= 11 is 7.11. The smallest absolute Gasteiger partial charge is 0.242 e. The van der Waals surface area contributed by atoms with E-state index in [0.717, 1.165) is 18.2 Å². The van der Waals surface area contributed by atoms with Crippen LogP contribution < -0.4 is 11.1 Å². The Morgan fingerprint density at radius 1 is 1.18 bits per heavy atom. The van der Waals surface area contributed by atoms with E-state index in [0.29, 0.717) is 15.6 Å². The molecule has 1 heterocycles. The molecule has 3 rings (SSSR count). The van der Waals surface area contributed by atoms with E-state index in [1.54, 1.807) is 18.2 Å². The van der Waals surface area contributed by atoms with Crippen LogP contribution in [0.3, 0.4) is 0 Å². The lowest BCUT2D eigenvalue weighted by Crippen LogP contribution is -2.38. The Morgan fingerprint density at radius 2 is 1.95 bits per heavy atom. The first-order valence-corrected chi connectivity index (χ1v) is 7.69. The third-order valence-electron chi connectivity index (χ3n) is 3.35. The lowest BCUT2D eigenvalue weighted by molar-refractivity contribution is -0.117. The summed E-state index contributed by atoms with van der Waals surface area (Å²) in [5.74, 6) is -1.65. The van der Waals surface area contributed by atoms with Crippen LogP contribution in [-0.2, 0) is 4.79 Å². The molecule has 0 saturated carbocycles. The molecule has 3 nitrogen and oxygen atoms in total. The number of carbonyl (C=O) groups excluding carboxylic acids is 1. The van der Waals surface area contributed by atoms with Gasteiger partial charge in [0, 0.05) is 15.5 Å². The summed E-state index contributed by atoms with van der Waals surface area (Å²) in [5, 5.41) is 2.39. The van der Waals surface area contributed by atoms with Gasteiger partial charge in [-0.15, -0.1) is 11.8 Å². The van der Waals surface area contributed by atoms with Crippen molar-refractivity contribution in [3.8, 4) is 0 Å². The first-order valence-electron chi connectivity index (χ1n) is 6.43. The number of nitrogens with two attached hydrogens (primary N) is 1. The number of halogens is 3. The topological polar surface area (TPSA) is 55.1 Å². The average Bonchev–Trinajstić information content (AvgIpc) is 2.59. The molecule has 0 aliphatic carbocycles. The Hall–Kier alpha value is -1.63. The number of benzene rings is 2. The summed E-state index contributed by atoms with van der Waals surface area (Å²) in [6, 6.07) is 7.08. The van der Waals surface area contributed by atoms with Crippen molar-refractivity contribution < 1.29 is 13.6 Å². The molecule has 0 spiro atoms. The van der Waals surface area contributed by atoms with Gasteiger partial charge in [-0.25, -0.2) is 8.78 Å². The van der Waals surface area contributed by atoms with Crippen LogP contribution in [-0.4, -0.2) is 11.9 Å². The van der Waals surface area contributed by atoms with Crippen molar-refractivity contribution >= 4 is 35.0 Å². The fourth-order valence-corrected chi connectivity index (χ4v) is 3.66. The zero-order valence-electron chi connectivity index (χ0n) is 11.1. The van der Waals surface area contributed by atoms with E-state index in [-0.39, 0.29) is 5.56 Å². The highest BCUT2D eigenvalue weighted by Gasteiger charge is 2.33. The van der Waals surface area contributed by atoms with E-state index < -0.39 is 28.8 Å². The fraction of sp³-hybridized carbons (Fsp3) is 0.133. The zero-order chi connectivity index (χ0) is 15.9. The van der Waals surface area contributed by atoms with Gasteiger partial charge in [-0.1, -0.05) is 11.6 Å². The number of nitrogens with one attached hydrogen (secondary N) is 1. The number of hydrogen-bond donors (Lipinski definition) is 2. The summed E-state index contributed by atoms with van der Waals surface area (Å²) in [4.78, 5) is 12.9. The second kappa shape index (κ2) is 5.87. The van der Waals surface area contributed by atoms with Crippen LogP contribution in [0, 0.1) is 11.6 Å². The molecule has 1 aliphatic rings. The van der Waals surface area contributed by atoms with Gasteiger partial charge in [0.2, 0.25) is 5.91 Å². The van der Waals surface area contributed by atoms with Crippen LogP contribution >= 0.6 is 23.4 Å². The molecule has 1 aliphatic heterocycles. The molecule has 3 N–H and O–H groups in total. The van der Waals surface area contributed by atoms with Crippen LogP contribution in [0.2, 0.25) is 5.02 Å². The first-order chi connectivity index (χ1) is 10.5. The molecule has 2 unspecified atom stereocenters. The normalized spacial score (nSPS) is 21.0. The van der Waals surface area contributed by atoms with Gasteiger partial charge in [0.25, 0.3) is 0 Å². The van der Waals surface area contributed by atoms with Gasteiger partial charge in [-0.3, -0.25) is 4.79 Å². The minimum atomic E-state index is -1.02. The second-order valence-corrected chi connectivity index (χ2v) is 6.48. The molecule has 2 aromatic rings. The number of anilines is 1. The van der Waals surface area contributed by atoms with Gasteiger partial charge in [0.15, 0.2) is 0 Å². The van der Waals surface area contributed by atoms with Gasteiger partial charge in [-0.2, -0.15) is 0 Å². The molecular weight excluding hydrogens is 330 g/mol. The van der Waals surface area contributed by atoms with E-state index in [2.05, 4.69) is 5.32 Å². The van der Waals surface area contributed by atoms with Gasteiger partial charge >= 0.3 is 0 Å². The van der Waals surface area contributed by atoms with Crippen LogP contribution in [0.25, 0.3) is 0 Å². The molecule has 114 valence electrons. The standard InChI is InChI=1S/C15H11ClF2N2OS/c16-7-1-4-12-11(5-7)20-15(21)13(19)14(22-12)9-6-8(17)2-3-10(9)18/h1-6,13-14H,19H2,(H,20,21). The molecule has 2 aromatic carbocycles. The Labute approximate surface area is 134 Å². The highest BCUT2D eigenvalue weighted by molar-refractivity contribution is 7.99. The van der Waals surface area contributed by atoms with Crippen molar-refractivity contribution in [2.45, 2.75) is 16.2 Å². The number of hydrogen-bond acceptors (Lipinski definition) is 3. The number of thioether (sulfide) groups is 1.